The first-order chi connectivity index (χ1) is 6.61. The molecule has 0 spiro atoms. The lowest BCUT2D eigenvalue weighted by atomic mass is 9.62. The predicted octanol–water partition coefficient (Wildman–Crippen LogP) is 0.385. The van der Waals surface area contributed by atoms with Gasteiger partial charge in [-0.2, -0.15) is 0 Å². The van der Waals surface area contributed by atoms with Crippen LogP contribution in [0.5, 0.6) is 0 Å². The average Bonchev–Trinajstić information content (AvgIpc) is 2.17. The van der Waals surface area contributed by atoms with E-state index in [1.54, 1.807) is 0 Å². The minimum atomic E-state index is -0.896. The van der Waals surface area contributed by atoms with Gasteiger partial charge in [0.1, 0.15) is 0 Å². The van der Waals surface area contributed by atoms with E-state index in [0.717, 1.165) is 12.8 Å². The van der Waals surface area contributed by atoms with E-state index in [0.29, 0.717) is 0 Å². The second-order valence-electron chi connectivity index (χ2n) is 4.08. The highest BCUT2D eigenvalue weighted by Gasteiger charge is 2.47. The largest absolute Gasteiger partial charge is 0.481 e. The Kier molecular flexibility index (Phi) is 2.06. The van der Waals surface area contributed by atoms with E-state index in [9.17, 15) is 9.59 Å². The number of rotatable bonds is 2. The fraction of sp³-hybridized carbons (Fsp3) is 0.600. The zero-order chi connectivity index (χ0) is 10.3. The number of amides is 1. The Bertz CT molecular complexity index is 280. The molecule has 4 nitrogen and oxygen atoms in total. The molecule has 76 valence electrons. The lowest BCUT2D eigenvalue weighted by molar-refractivity contribution is -0.152. The molecule has 4 atom stereocenters. The first-order valence-electron chi connectivity index (χ1n) is 4.81. The Labute approximate surface area is 81.8 Å². The van der Waals surface area contributed by atoms with Crippen molar-refractivity contribution in [1.29, 1.82) is 0 Å². The van der Waals surface area contributed by atoms with E-state index in [1.807, 2.05) is 12.2 Å². The summed E-state index contributed by atoms with van der Waals surface area (Å²) in [5, 5.41) is 9.04. The molecule has 1 amide bonds. The molecule has 4 heteroatoms. The van der Waals surface area contributed by atoms with Gasteiger partial charge in [-0.3, -0.25) is 9.59 Å². The molecule has 0 unspecified atom stereocenters. The van der Waals surface area contributed by atoms with Gasteiger partial charge in [0.2, 0.25) is 5.91 Å². The van der Waals surface area contributed by atoms with Crippen LogP contribution in [0.2, 0.25) is 0 Å². The van der Waals surface area contributed by atoms with Gasteiger partial charge in [0.15, 0.2) is 0 Å². The highest BCUT2D eigenvalue weighted by molar-refractivity contribution is 5.85. The van der Waals surface area contributed by atoms with Gasteiger partial charge < -0.3 is 10.8 Å². The molecule has 3 aliphatic carbocycles. The third-order valence-electron chi connectivity index (χ3n) is 3.36. The molecule has 0 aliphatic heterocycles. The maximum Gasteiger partial charge on any atom is 0.307 e. The van der Waals surface area contributed by atoms with Crippen LogP contribution in [0.4, 0.5) is 0 Å². The molecule has 1 fully saturated rings. The number of nitrogens with two attached hydrogens (primary N) is 1. The normalized spacial score (nSPS) is 39.7. The number of carbonyl (C=O) groups excluding carboxylic acids is 1. The topological polar surface area (TPSA) is 80.4 Å². The molecule has 0 radical (unpaired) electrons. The van der Waals surface area contributed by atoms with Crippen LogP contribution in [0.3, 0.4) is 0 Å². The Morgan fingerprint density at radius 2 is 1.64 bits per heavy atom. The van der Waals surface area contributed by atoms with Crippen molar-refractivity contribution >= 4 is 11.9 Å². The van der Waals surface area contributed by atoms with Gasteiger partial charge in [-0.15, -0.1) is 0 Å². The van der Waals surface area contributed by atoms with Crippen LogP contribution in [0.15, 0.2) is 12.2 Å². The van der Waals surface area contributed by atoms with Crippen molar-refractivity contribution in [2.45, 2.75) is 12.8 Å². The van der Waals surface area contributed by atoms with Crippen molar-refractivity contribution in [2.24, 2.45) is 29.4 Å². The Morgan fingerprint density at radius 1 is 1.14 bits per heavy atom. The minimum Gasteiger partial charge on any atom is -0.481 e. The molecular weight excluding hydrogens is 182 g/mol. The summed E-state index contributed by atoms with van der Waals surface area (Å²) in [5.41, 5.74) is 5.25. The average molecular weight is 195 g/mol. The van der Waals surface area contributed by atoms with Crippen LogP contribution < -0.4 is 5.73 Å². The van der Waals surface area contributed by atoms with Crippen LogP contribution in [0.25, 0.3) is 0 Å². The van der Waals surface area contributed by atoms with E-state index in [1.165, 1.54) is 0 Å². The molecule has 3 rings (SSSR count). The first kappa shape index (κ1) is 9.24. The Balaban J connectivity index is 2.33. The SMILES string of the molecule is NC(=O)[C@H]1[C@H](C(=O)O)[C@H]2C=C[C@H]1CC2. The second-order valence-corrected chi connectivity index (χ2v) is 4.08. The van der Waals surface area contributed by atoms with Gasteiger partial charge in [0.25, 0.3) is 0 Å². The van der Waals surface area contributed by atoms with Gasteiger partial charge in [-0.05, 0) is 24.7 Å². The zero-order valence-electron chi connectivity index (χ0n) is 7.72. The van der Waals surface area contributed by atoms with Crippen molar-refractivity contribution in [3.05, 3.63) is 12.2 Å². The molecule has 14 heavy (non-hydrogen) atoms. The Morgan fingerprint density at radius 3 is 1.93 bits per heavy atom. The van der Waals surface area contributed by atoms with E-state index in [2.05, 4.69) is 0 Å². The minimum absolute atomic E-state index is 0.00463. The third kappa shape index (κ3) is 1.22. The van der Waals surface area contributed by atoms with Crippen molar-refractivity contribution in [2.75, 3.05) is 0 Å². The van der Waals surface area contributed by atoms with Crippen LogP contribution >= 0.6 is 0 Å². The molecule has 0 aromatic carbocycles. The summed E-state index contributed by atoms with van der Waals surface area (Å²) in [6.45, 7) is 0. The molecule has 2 bridgehead atoms. The molecule has 0 aromatic rings. The molecule has 0 heterocycles. The van der Waals surface area contributed by atoms with Crippen molar-refractivity contribution in [1.82, 2.24) is 0 Å². The van der Waals surface area contributed by atoms with Crippen LogP contribution in [0, 0.1) is 23.7 Å². The second kappa shape index (κ2) is 3.12. The number of fused-ring (bicyclic) bond motifs is 2. The molecule has 0 aromatic heterocycles. The van der Waals surface area contributed by atoms with E-state index in [4.69, 9.17) is 10.8 Å². The lowest BCUT2D eigenvalue weighted by Crippen LogP contribution is -2.47. The van der Waals surface area contributed by atoms with E-state index >= 15 is 0 Å². The number of allylic oxidation sites excluding steroid dienone is 2. The van der Waals surface area contributed by atoms with Crippen molar-refractivity contribution in [3.8, 4) is 0 Å². The highest BCUT2D eigenvalue weighted by atomic mass is 16.4. The van der Waals surface area contributed by atoms with Gasteiger partial charge >= 0.3 is 5.97 Å². The van der Waals surface area contributed by atoms with Gasteiger partial charge in [-0.25, -0.2) is 0 Å². The monoisotopic (exact) mass is 195 g/mol. The van der Waals surface area contributed by atoms with Crippen LogP contribution in [-0.2, 0) is 9.59 Å². The summed E-state index contributed by atoms with van der Waals surface area (Å²) >= 11 is 0. The maximum absolute atomic E-state index is 11.2. The van der Waals surface area contributed by atoms with Gasteiger partial charge in [0.05, 0.1) is 11.8 Å². The van der Waals surface area contributed by atoms with Crippen LogP contribution in [0.1, 0.15) is 12.8 Å². The number of primary amides is 1. The molecular formula is C10H13NO3. The number of carbonyl (C=O) groups is 2. The Hall–Kier alpha value is -1.32. The summed E-state index contributed by atoms with van der Waals surface area (Å²) in [6, 6.07) is 0. The number of hydrogen-bond donors (Lipinski definition) is 2. The lowest BCUT2D eigenvalue weighted by Gasteiger charge is -2.41. The summed E-state index contributed by atoms with van der Waals surface area (Å²) in [5.74, 6) is -2.44. The van der Waals surface area contributed by atoms with Crippen molar-refractivity contribution < 1.29 is 14.7 Å². The predicted molar refractivity (Wildman–Crippen MR) is 49.2 cm³/mol. The molecule has 3 aliphatic rings. The van der Waals surface area contributed by atoms with Crippen molar-refractivity contribution in [3.63, 3.8) is 0 Å². The van der Waals surface area contributed by atoms with Crippen LogP contribution in [-0.4, -0.2) is 17.0 Å². The zero-order valence-corrected chi connectivity index (χ0v) is 7.72. The van der Waals surface area contributed by atoms with Gasteiger partial charge in [0, 0.05) is 0 Å². The number of carboxylic acid groups (broad SMARTS) is 1. The third-order valence-corrected chi connectivity index (χ3v) is 3.36. The summed E-state index contributed by atoms with van der Waals surface area (Å²) in [7, 11) is 0. The van der Waals surface area contributed by atoms with E-state index < -0.39 is 23.7 Å². The summed E-state index contributed by atoms with van der Waals surface area (Å²) < 4.78 is 0. The number of aliphatic carboxylic acids is 1. The smallest absolute Gasteiger partial charge is 0.307 e. The summed E-state index contributed by atoms with van der Waals surface area (Å²) in [6.07, 6.45) is 5.62. The maximum atomic E-state index is 11.2. The fourth-order valence-corrected chi connectivity index (χ4v) is 2.72. The van der Waals surface area contributed by atoms with Gasteiger partial charge in [-0.1, -0.05) is 12.2 Å². The first-order valence-corrected chi connectivity index (χ1v) is 4.81. The fourth-order valence-electron chi connectivity index (χ4n) is 2.72. The van der Waals surface area contributed by atoms with E-state index in [-0.39, 0.29) is 11.8 Å². The highest BCUT2D eigenvalue weighted by Crippen LogP contribution is 2.44. The number of carboxylic acids is 1. The summed E-state index contributed by atoms with van der Waals surface area (Å²) in [4.78, 5) is 22.2. The standard InChI is InChI=1S/C10H13NO3/c11-9(12)7-5-1-3-6(4-2-5)8(7)10(13)14/h1,3,5-8H,2,4H2,(H2,11,12)(H,13,14)/t5-,6-,7+,8+/m0/s1. The molecule has 0 saturated heterocycles. The quantitative estimate of drug-likeness (QED) is 0.625. The number of hydrogen-bond acceptors (Lipinski definition) is 2. The molecule has 1 saturated carbocycles. The molecule has 3 N–H and O–H groups in total.